The van der Waals surface area contributed by atoms with Gasteiger partial charge in [0.1, 0.15) is 11.5 Å². The Morgan fingerprint density at radius 1 is 0.962 bits per heavy atom. The van der Waals surface area contributed by atoms with E-state index in [1.807, 2.05) is 12.1 Å². The number of hydrogen-bond donors (Lipinski definition) is 2. The average Bonchev–Trinajstić information content (AvgIpc) is 2.66. The van der Waals surface area contributed by atoms with E-state index in [9.17, 15) is 13.2 Å². The molecule has 0 heterocycles. The van der Waals surface area contributed by atoms with Crippen LogP contribution in [-0.4, -0.2) is 34.6 Å². The molecule has 0 radical (unpaired) electrons. The Bertz CT molecular complexity index is 833. The Balaban J connectivity index is 1.94. The van der Waals surface area contributed by atoms with Gasteiger partial charge in [-0.2, -0.15) is 4.72 Å². The third kappa shape index (κ3) is 5.21. The molecule has 0 aliphatic rings. The van der Waals surface area contributed by atoms with Crippen molar-refractivity contribution in [2.45, 2.75) is 24.4 Å². The number of carbonyl (C=O) groups is 1. The fraction of sp³-hybridized carbons (Fsp3) is 0.278. The SMILES string of the molecule is COc1ccc(CNC(=O)[C@H](C)NS(=O)(=O)c2ccc(OC)cc2)cc1. The molecule has 8 heteroatoms. The van der Waals surface area contributed by atoms with Gasteiger partial charge in [0, 0.05) is 6.54 Å². The van der Waals surface area contributed by atoms with Crippen molar-refractivity contribution in [1.82, 2.24) is 10.0 Å². The van der Waals surface area contributed by atoms with E-state index in [-0.39, 0.29) is 11.4 Å². The summed E-state index contributed by atoms with van der Waals surface area (Å²) in [5, 5.41) is 2.70. The first-order valence-corrected chi connectivity index (χ1v) is 9.41. The summed E-state index contributed by atoms with van der Waals surface area (Å²) in [7, 11) is -0.731. The minimum atomic E-state index is -3.80. The van der Waals surface area contributed by atoms with Crippen molar-refractivity contribution in [3.63, 3.8) is 0 Å². The Kier molecular flexibility index (Phi) is 6.59. The summed E-state index contributed by atoms with van der Waals surface area (Å²) in [6, 6.07) is 12.2. The van der Waals surface area contributed by atoms with E-state index in [0.717, 1.165) is 11.3 Å². The molecule has 140 valence electrons. The van der Waals surface area contributed by atoms with E-state index in [2.05, 4.69) is 10.0 Å². The number of benzene rings is 2. The molecule has 1 atom stereocenters. The van der Waals surface area contributed by atoms with E-state index in [1.54, 1.807) is 31.4 Å². The van der Waals surface area contributed by atoms with Crippen LogP contribution in [0.3, 0.4) is 0 Å². The van der Waals surface area contributed by atoms with Crippen LogP contribution in [0.25, 0.3) is 0 Å². The number of nitrogens with one attached hydrogen (secondary N) is 2. The largest absolute Gasteiger partial charge is 0.497 e. The molecule has 0 aliphatic heterocycles. The highest BCUT2D eigenvalue weighted by atomic mass is 32.2. The maximum absolute atomic E-state index is 12.3. The van der Waals surface area contributed by atoms with Crippen molar-refractivity contribution in [1.29, 1.82) is 0 Å². The number of amides is 1. The number of ether oxygens (including phenoxy) is 2. The maximum atomic E-state index is 12.3. The van der Waals surface area contributed by atoms with E-state index in [4.69, 9.17) is 9.47 Å². The highest BCUT2D eigenvalue weighted by molar-refractivity contribution is 7.89. The van der Waals surface area contributed by atoms with Crippen LogP contribution in [0.4, 0.5) is 0 Å². The first-order chi connectivity index (χ1) is 12.4. The van der Waals surface area contributed by atoms with Crippen molar-refractivity contribution >= 4 is 15.9 Å². The second-order valence-electron chi connectivity index (χ2n) is 5.58. The molecular weight excluding hydrogens is 356 g/mol. The summed E-state index contributed by atoms with van der Waals surface area (Å²) < 4.78 is 37.1. The van der Waals surface area contributed by atoms with E-state index in [1.165, 1.54) is 26.2 Å². The average molecular weight is 378 g/mol. The number of carbonyl (C=O) groups excluding carboxylic acids is 1. The van der Waals surface area contributed by atoms with Crippen LogP contribution in [0, 0.1) is 0 Å². The Morgan fingerprint density at radius 2 is 1.46 bits per heavy atom. The summed E-state index contributed by atoms with van der Waals surface area (Å²) in [6.45, 7) is 1.78. The lowest BCUT2D eigenvalue weighted by atomic mass is 10.2. The topological polar surface area (TPSA) is 93.7 Å². The molecular formula is C18H22N2O5S. The van der Waals surface area contributed by atoms with Crippen LogP contribution < -0.4 is 19.5 Å². The van der Waals surface area contributed by atoms with Crippen LogP contribution in [0.1, 0.15) is 12.5 Å². The standard InChI is InChI=1S/C18H22N2O5S/c1-13(18(21)19-12-14-4-6-15(24-2)7-5-14)20-26(22,23)17-10-8-16(25-3)9-11-17/h4-11,13,20H,12H2,1-3H3,(H,19,21)/t13-/m0/s1. The zero-order valence-corrected chi connectivity index (χ0v) is 15.7. The highest BCUT2D eigenvalue weighted by Gasteiger charge is 2.21. The predicted molar refractivity (Wildman–Crippen MR) is 97.6 cm³/mol. The van der Waals surface area contributed by atoms with Crippen molar-refractivity contribution in [2.24, 2.45) is 0 Å². The molecule has 0 saturated carbocycles. The van der Waals surface area contributed by atoms with Crippen LogP contribution in [-0.2, 0) is 21.4 Å². The summed E-state index contributed by atoms with van der Waals surface area (Å²) in [4.78, 5) is 12.2. The van der Waals surface area contributed by atoms with E-state index in [0.29, 0.717) is 5.75 Å². The van der Waals surface area contributed by atoms with Gasteiger partial charge in [0.2, 0.25) is 15.9 Å². The van der Waals surface area contributed by atoms with Gasteiger partial charge in [-0.25, -0.2) is 8.42 Å². The number of rotatable bonds is 8. The van der Waals surface area contributed by atoms with Crippen LogP contribution in [0.15, 0.2) is 53.4 Å². The summed E-state index contributed by atoms with van der Waals surface area (Å²) in [5.74, 6) is 0.854. The van der Waals surface area contributed by atoms with Gasteiger partial charge in [0.05, 0.1) is 25.2 Å². The molecule has 26 heavy (non-hydrogen) atoms. The summed E-state index contributed by atoms with van der Waals surface area (Å²) >= 11 is 0. The normalized spacial score (nSPS) is 12.3. The lowest BCUT2D eigenvalue weighted by molar-refractivity contribution is -0.122. The minimum Gasteiger partial charge on any atom is -0.497 e. The number of sulfonamides is 1. The first-order valence-electron chi connectivity index (χ1n) is 7.92. The lowest BCUT2D eigenvalue weighted by Crippen LogP contribution is -2.44. The molecule has 1 amide bonds. The molecule has 0 aliphatic carbocycles. The smallest absolute Gasteiger partial charge is 0.241 e. The first kappa shape index (κ1) is 19.7. The molecule has 0 bridgehead atoms. The van der Waals surface area contributed by atoms with Crippen LogP contribution >= 0.6 is 0 Å². The third-order valence-corrected chi connectivity index (χ3v) is 5.28. The van der Waals surface area contributed by atoms with Crippen molar-refractivity contribution in [3.05, 3.63) is 54.1 Å². The molecule has 7 nitrogen and oxygen atoms in total. The number of hydrogen-bond acceptors (Lipinski definition) is 5. The van der Waals surface area contributed by atoms with Gasteiger partial charge in [-0.05, 0) is 48.9 Å². The molecule has 2 aromatic rings. The second-order valence-corrected chi connectivity index (χ2v) is 7.30. The molecule has 0 saturated heterocycles. The second kappa shape index (κ2) is 8.68. The summed E-state index contributed by atoms with van der Waals surface area (Å²) in [6.07, 6.45) is 0. The fourth-order valence-electron chi connectivity index (χ4n) is 2.19. The zero-order chi connectivity index (χ0) is 19.2. The van der Waals surface area contributed by atoms with E-state index >= 15 is 0 Å². The molecule has 2 rings (SSSR count). The molecule has 0 fully saturated rings. The molecule has 0 spiro atoms. The highest BCUT2D eigenvalue weighted by Crippen LogP contribution is 2.15. The van der Waals surface area contributed by atoms with Crippen LogP contribution in [0.5, 0.6) is 11.5 Å². The van der Waals surface area contributed by atoms with Gasteiger partial charge >= 0.3 is 0 Å². The fourth-order valence-corrected chi connectivity index (χ4v) is 3.40. The van der Waals surface area contributed by atoms with Gasteiger partial charge in [0.15, 0.2) is 0 Å². The van der Waals surface area contributed by atoms with E-state index < -0.39 is 22.0 Å². The lowest BCUT2D eigenvalue weighted by Gasteiger charge is -2.15. The quantitative estimate of drug-likeness (QED) is 0.729. The third-order valence-electron chi connectivity index (χ3n) is 3.72. The summed E-state index contributed by atoms with van der Waals surface area (Å²) in [5.41, 5.74) is 0.879. The zero-order valence-electron chi connectivity index (χ0n) is 14.9. The van der Waals surface area contributed by atoms with Gasteiger partial charge in [-0.1, -0.05) is 12.1 Å². The predicted octanol–water partition coefficient (Wildman–Crippen LogP) is 1.69. The number of methoxy groups -OCH3 is 2. The minimum absolute atomic E-state index is 0.0631. The molecule has 0 aromatic heterocycles. The van der Waals surface area contributed by atoms with Gasteiger partial charge < -0.3 is 14.8 Å². The van der Waals surface area contributed by atoms with Crippen molar-refractivity contribution in [2.75, 3.05) is 14.2 Å². The Labute approximate surface area is 153 Å². The molecule has 2 aromatic carbocycles. The van der Waals surface area contributed by atoms with Crippen molar-refractivity contribution in [3.8, 4) is 11.5 Å². The Morgan fingerprint density at radius 3 is 1.96 bits per heavy atom. The maximum Gasteiger partial charge on any atom is 0.241 e. The van der Waals surface area contributed by atoms with Gasteiger partial charge in [0.25, 0.3) is 0 Å². The Hall–Kier alpha value is -2.58. The van der Waals surface area contributed by atoms with Crippen molar-refractivity contribution < 1.29 is 22.7 Å². The molecule has 0 unspecified atom stereocenters. The van der Waals surface area contributed by atoms with Gasteiger partial charge in [-0.3, -0.25) is 4.79 Å². The van der Waals surface area contributed by atoms with Crippen LogP contribution in [0.2, 0.25) is 0 Å². The van der Waals surface area contributed by atoms with Gasteiger partial charge in [-0.15, -0.1) is 0 Å². The molecule has 2 N–H and O–H groups in total. The monoisotopic (exact) mass is 378 g/mol.